The van der Waals surface area contributed by atoms with Crippen LogP contribution in [0, 0.1) is 0 Å². The van der Waals surface area contributed by atoms with E-state index in [1.807, 2.05) is 47.9 Å². The van der Waals surface area contributed by atoms with Gasteiger partial charge in [-0.05, 0) is 62.7 Å². The first-order valence-electron chi connectivity index (χ1n) is 10.5. The molecule has 0 saturated carbocycles. The number of thioether (sulfide) groups is 1. The van der Waals surface area contributed by atoms with E-state index in [1.165, 1.54) is 17.4 Å². The van der Waals surface area contributed by atoms with E-state index in [2.05, 4.69) is 51.6 Å². The minimum Gasteiger partial charge on any atom is -0.372 e. The molecule has 0 radical (unpaired) electrons. The number of benzene rings is 2. The number of aromatic nitrogens is 3. The van der Waals surface area contributed by atoms with Gasteiger partial charge >= 0.3 is 0 Å². The van der Waals surface area contributed by atoms with Gasteiger partial charge in [-0.2, -0.15) is 5.10 Å². The molecule has 1 amide bonds. The second-order valence-corrected chi connectivity index (χ2v) is 8.28. The Morgan fingerprint density at radius 3 is 2.41 bits per heavy atom. The molecule has 0 atom stereocenters. The van der Waals surface area contributed by atoms with Crippen LogP contribution in [0.2, 0.25) is 5.02 Å². The number of nitrogens with zero attached hydrogens (tertiary/aromatic N) is 5. The van der Waals surface area contributed by atoms with Crippen LogP contribution in [0.4, 0.5) is 5.69 Å². The second kappa shape index (κ2) is 11.7. The monoisotopic (exact) mass is 470 g/mol. The number of hydrogen-bond acceptors (Lipinski definition) is 6. The second-order valence-electron chi connectivity index (χ2n) is 6.90. The molecule has 0 spiro atoms. The Balaban J connectivity index is 1.54. The number of rotatable bonds is 10. The normalized spacial score (nSPS) is 11.1. The molecule has 2 aromatic carbocycles. The van der Waals surface area contributed by atoms with Crippen molar-refractivity contribution >= 4 is 41.2 Å². The number of anilines is 1. The van der Waals surface area contributed by atoms with Crippen LogP contribution in [0.1, 0.15) is 26.3 Å². The van der Waals surface area contributed by atoms with Crippen molar-refractivity contribution in [3.05, 3.63) is 59.1 Å². The Hall–Kier alpha value is -2.84. The van der Waals surface area contributed by atoms with Crippen LogP contribution in [0.15, 0.2) is 58.8 Å². The molecule has 3 rings (SSSR count). The predicted octanol–water partition coefficient (Wildman–Crippen LogP) is 4.71. The highest BCUT2D eigenvalue weighted by atomic mass is 35.5. The lowest BCUT2D eigenvalue weighted by Crippen LogP contribution is -2.21. The Morgan fingerprint density at radius 1 is 1.09 bits per heavy atom. The fraction of sp³-hybridized carbons (Fsp3) is 0.304. The van der Waals surface area contributed by atoms with Crippen LogP contribution >= 0.6 is 23.4 Å². The molecule has 0 bridgehead atoms. The quantitative estimate of drug-likeness (QED) is 0.264. The lowest BCUT2D eigenvalue weighted by molar-refractivity contribution is -0.118. The summed E-state index contributed by atoms with van der Waals surface area (Å²) >= 11 is 7.30. The Kier molecular flexibility index (Phi) is 8.70. The van der Waals surface area contributed by atoms with Crippen molar-refractivity contribution in [2.24, 2.45) is 5.10 Å². The number of nitrogens with one attached hydrogen (secondary N) is 1. The van der Waals surface area contributed by atoms with Crippen LogP contribution in [0.5, 0.6) is 0 Å². The highest BCUT2D eigenvalue weighted by molar-refractivity contribution is 7.99. The van der Waals surface area contributed by atoms with E-state index in [0.717, 1.165) is 30.0 Å². The van der Waals surface area contributed by atoms with Gasteiger partial charge in [0.25, 0.3) is 5.91 Å². The first kappa shape index (κ1) is 23.8. The van der Waals surface area contributed by atoms with Gasteiger partial charge in [0.15, 0.2) is 11.0 Å². The van der Waals surface area contributed by atoms with Gasteiger partial charge in [-0.15, -0.1) is 10.2 Å². The minimum absolute atomic E-state index is 0.191. The van der Waals surface area contributed by atoms with E-state index in [9.17, 15) is 4.79 Å². The van der Waals surface area contributed by atoms with Crippen molar-refractivity contribution in [1.29, 1.82) is 0 Å². The van der Waals surface area contributed by atoms with Crippen molar-refractivity contribution in [2.75, 3.05) is 23.7 Å². The van der Waals surface area contributed by atoms with Gasteiger partial charge in [0.05, 0.1) is 12.0 Å². The average molecular weight is 471 g/mol. The first-order valence-corrected chi connectivity index (χ1v) is 11.9. The van der Waals surface area contributed by atoms with E-state index in [-0.39, 0.29) is 11.7 Å². The number of amides is 1. The standard InChI is InChI=1S/C23H27ClN6OS/c1-4-29(5-2)20-13-7-17(8-14-20)15-25-26-21(31)16-32-23-28-27-22(30(23)6-3)18-9-11-19(24)12-10-18/h7-15H,4-6,16H2,1-3H3,(H,26,31)/b25-15+. The zero-order valence-corrected chi connectivity index (χ0v) is 20.0. The molecule has 1 aromatic heterocycles. The summed E-state index contributed by atoms with van der Waals surface area (Å²) in [4.78, 5) is 14.5. The molecule has 0 aliphatic carbocycles. The van der Waals surface area contributed by atoms with Crippen molar-refractivity contribution in [3.8, 4) is 11.4 Å². The molecule has 168 valence electrons. The molecule has 0 aliphatic heterocycles. The minimum atomic E-state index is -0.204. The zero-order valence-electron chi connectivity index (χ0n) is 18.5. The third kappa shape index (κ3) is 6.11. The fourth-order valence-electron chi connectivity index (χ4n) is 3.19. The number of carbonyl (C=O) groups excluding carboxylic acids is 1. The molecular formula is C23H27ClN6OS. The van der Waals surface area contributed by atoms with Gasteiger partial charge in [0.2, 0.25) is 0 Å². The van der Waals surface area contributed by atoms with Crippen LogP contribution < -0.4 is 10.3 Å². The summed E-state index contributed by atoms with van der Waals surface area (Å²) in [6.45, 7) is 8.90. The topological polar surface area (TPSA) is 75.4 Å². The van der Waals surface area contributed by atoms with Gasteiger partial charge < -0.3 is 9.47 Å². The third-order valence-electron chi connectivity index (χ3n) is 4.89. The van der Waals surface area contributed by atoms with E-state index in [0.29, 0.717) is 16.7 Å². The summed E-state index contributed by atoms with van der Waals surface area (Å²) < 4.78 is 1.97. The number of halogens is 1. The Labute approximate surface area is 197 Å². The molecule has 7 nitrogen and oxygen atoms in total. The van der Waals surface area contributed by atoms with Crippen molar-refractivity contribution in [1.82, 2.24) is 20.2 Å². The highest BCUT2D eigenvalue weighted by Gasteiger charge is 2.14. The lowest BCUT2D eigenvalue weighted by atomic mass is 10.2. The van der Waals surface area contributed by atoms with Crippen molar-refractivity contribution in [2.45, 2.75) is 32.5 Å². The molecule has 0 fully saturated rings. The van der Waals surface area contributed by atoms with Crippen LogP contribution in [0.25, 0.3) is 11.4 Å². The predicted molar refractivity (Wildman–Crippen MR) is 133 cm³/mol. The summed E-state index contributed by atoms with van der Waals surface area (Å²) in [5.41, 5.74) is 5.59. The number of hydrazone groups is 1. The van der Waals surface area contributed by atoms with Gasteiger partial charge in [-0.1, -0.05) is 35.5 Å². The molecule has 1 heterocycles. The zero-order chi connectivity index (χ0) is 22.9. The summed E-state index contributed by atoms with van der Waals surface area (Å²) in [5, 5.41) is 13.9. The lowest BCUT2D eigenvalue weighted by Gasteiger charge is -2.20. The molecular weight excluding hydrogens is 444 g/mol. The molecule has 0 aliphatic rings. The largest absolute Gasteiger partial charge is 0.372 e. The maximum absolute atomic E-state index is 12.2. The van der Waals surface area contributed by atoms with Crippen molar-refractivity contribution < 1.29 is 4.79 Å². The molecule has 32 heavy (non-hydrogen) atoms. The van der Waals surface area contributed by atoms with E-state index < -0.39 is 0 Å². The Morgan fingerprint density at radius 2 is 1.78 bits per heavy atom. The first-order chi connectivity index (χ1) is 15.5. The van der Waals surface area contributed by atoms with E-state index >= 15 is 0 Å². The summed E-state index contributed by atoms with van der Waals surface area (Å²) in [6, 6.07) is 15.5. The molecule has 1 N–H and O–H groups in total. The van der Waals surface area contributed by atoms with Gasteiger partial charge in [-0.3, -0.25) is 4.79 Å². The molecule has 3 aromatic rings. The molecule has 9 heteroatoms. The summed E-state index contributed by atoms with van der Waals surface area (Å²) in [6.07, 6.45) is 1.64. The van der Waals surface area contributed by atoms with Gasteiger partial charge in [-0.25, -0.2) is 5.43 Å². The highest BCUT2D eigenvalue weighted by Crippen LogP contribution is 2.25. The maximum atomic E-state index is 12.2. The van der Waals surface area contributed by atoms with Crippen molar-refractivity contribution in [3.63, 3.8) is 0 Å². The summed E-state index contributed by atoms with van der Waals surface area (Å²) in [5.74, 6) is 0.736. The SMILES string of the molecule is CCN(CC)c1ccc(/C=N/NC(=O)CSc2nnc(-c3ccc(Cl)cc3)n2CC)cc1. The van der Waals surface area contributed by atoms with E-state index in [1.54, 1.807) is 6.21 Å². The molecule has 0 saturated heterocycles. The maximum Gasteiger partial charge on any atom is 0.250 e. The Bertz CT molecular complexity index is 1050. The van der Waals surface area contributed by atoms with Crippen LogP contribution in [-0.4, -0.2) is 45.7 Å². The van der Waals surface area contributed by atoms with Gasteiger partial charge in [0.1, 0.15) is 0 Å². The average Bonchev–Trinajstić information content (AvgIpc) is 3.23. The fourth-order valence-corrected chi connectivity index (χ4v) is 4.11. The van der Waals surface area contributed by atoms with Crippen LogP contribution in [-0.2, 0) is 11.3 Å². The third-order valence-corrected chi connectivity index (χ3v) is 6.11. The number of hydrogen-bond donors (Lipinski definition) is 1. The van der Waals surface area contributed by atoms with E-state index in [4.69, 9.17) is 11.6 Å². The smallest absolute Gasteiger partial charge is 0.250 e. The van der Waals surface area contributed by atoms with Gasteiger partial charge in [0, 0.05) is 35.9 Å². The summed E-state index contributed by atoms with van der Waals surface area (Å²) in [7, 11) is 0. The molecule has 0 unspecified atom stereocenters. The van der Waals surface area contributed by atoms with Crippen LogP contribution in [0.3, 0.4) is 0 Å². The number of carbonyl (C=O) groups is 1.